The van der Waals surface area contributed by atoms with Crippen molar-refractivity contribution in [1.29, 1.82) is 0 Å². The fourth-order valence-corrected chi connectivity index (χ4v) is 6.31. The minimum absolute atomic E-state index is 0.0231. The fourth-order valence-electron chi connectivity index (χ4n) is 6.31. The first-order valence-electron chi connectivity index (χ1n) is 12.4. The lowest BCUT2D eigenvalue weighted by Gasteiger charge is -2.53. The number of carbonyl (C=O) groups is 3. The fraction of sp³-hybridized carbons (Fsp3) is 0.464. The quantitative estimate of drug-likeness (QED) is 0.611. The number of hydrogen-bond acceptors (Lipinski definition) is 4. The summed E-state index contributed by atoms with van der Waals surface area (Å²) in [5, 5.41) is 12.1. The maximum absolute atomic E-state index is 13.1. The predicted molar refractivity (Wildman–Crippen MR) is 131 cm³/mol. The van der Waals surface area contributed by atoms with Gasteiger partial charge in [-0.15, -0.1) is 0 Å². The normalized spacial score (nSPS) is 24.4. The third-order valence-electron chi connectivity index (χ3n) is 8.42. The molecule has 0 aromatic heterocycles. The molecule has 2 aromatic carbocycles. The van der Waals surface area contributed by atoms with Crippen molar-refractivity contribution in [2.45, 2.75) is 56.4 Å². The van der Waals surface area contributed by atoms with E-state index in [0.29, 0.717) is 19.3 Å². The van der Waals surface area contributed by atoms with Crippen molar-refractivity contribution in [1.82, 2.24) is 10.2 Å². The number of nitrogens with one attached hydrogen (secondary N) is 1. The van der Waals surface area contributed by atoms with Crippen LogP contribution in [0.1, 0.15) is 62.0 Å². The Morgan fingerprint density at radius 3 is 2.03 bits per heavy atom. The molecule has 35 heavy (non-hydrogen) atoms. The zero-order valence-corrected chi connectivity index (χ0v) is 20.1. The number of nitrogens with zero attached hydrogens (tertiary/aromatic N) is 1. The molecule has 0 spiro atoms. The number of alkyl carbamates (subject to hydrolysis) is 1. The van der Waals surface area contributed by atoms with Crippen LogP contribution in [-0.2, 0) is 14.3 Å². The molecule has 7 nitrogen and oxygen atoms in total. The van der Waals surface area contributed by atoms with E-state index in [4.69, 9.17) is 9.84 Å². The maximum Gasteiger partial charge on any atom is 0.407 e. The van der Waals surface area contributed by atoms with Gasteiger partial charge in [-0.1, -0.05) is 48.5 Å². The Balaban J connectivity index is 1.18. The van der Waals surface area contributed by atoms with Crippen molar-refractivity contribution < 1.29 is 24.2 Å². The second-order valence-corrected chi connectivity index (χ2v) is 10.4. The van der Waals surface area contributed by atoms with Crippen LogP contribution in [0, 0.1) is 5.41 Å². The highest BCUT2D eigenvalue weighted by Crippen LogP contribution is 2.53. The van der Waals surface area contributed by atoms with E-state index in [0.717, 1.165) is 19.3 Å². The lowest BCUT2D eigenvalue weighted by Crippen LogP contribution is -2.60. The number of amides is 2. The van der Waals surface area contributed by atoms with Crippen LogP contribution in [0.15, 0.2) is 48.5 Å². The summed E-state index contributed by atoms with van der Waals surface area (Å²) in [4.78, 5) is 38.4. The lowest BCUT2D eigenvalue weighted by atomic mass is 9.56. The molecule has 3 fully saturated rings. The largest absolute Gasteiger partial charge is 0.481 e. The molecule has 2 bridgehead atoms. The Labute approximate surface area is 205 Å². The van der Waals surface area contributed by atoms with Gasteiger partial charge in [0, 0.05) is 30.5 Å². The Kier molecular flexibility index (Phi) is 6.03. The van der Waals surface area contributed by atoms with Crippen LogP contribution in [0.3, 0.4) is 0 Å². The molecule has 4 aliphatic carbocycles. The summed E-state index contributed by atoms with van der Waals surface area (Å²) >= 11 is 0. The van der Waals surface area contributed by atoms with Gasteiger partial charge in [0.2, 0.25) is 5.91 Å². The van der Waals surface area contributed by atoms with E-state index in [1.165, 1.54) is 22.3 Å². The number of carboxylic acid groups (broad SMARTS) is 1. The van der Waals surface area contributed by atoms with E-state index in [1.54, 1.807) is 11.9 Å². The van der Waals surface area contributed by atoms with Gasteiger partial charge in [-0.3, -0.25) is 9.59 Å². The minimum atomic E-state index is -0.902. The van der Waals surface area contributed by atoms with E-state index in [-0.39, 0.29) is 36.9 Å². The summed E-state index contributed by atoms with van der Waals surface area (Å²) in [5.74, 6) is -0.844. The average Bonchev–Trinajstić information content (AvgIpc) is 3.20. The van der Waals surface area contributed by atoms with E-state index in [9.17, 15) is 14.4 Å². The number of ether oxygens (including phenoxy) is 1. The van der Waals surface area contributed by atoms with Crippen LogP contribution < -0.4 is 5.32 Å². The van der Waals surface area contributed by atoms with Crippen LogP contribution in [0.5, 0.6) is 0 Å². The number of carboxylic acids is 1. The molecule has 6 rings (SSSR count). The average molecular weight is 477 g/mol. The van der Waals surface area contributed by atoms with Crippen molar-refractivity contribution in [3.63, 3.8) is 0 Å². The Morgan fingerprint density at radius 1 is 0.943 bits per heavy atom. The molecular weight excluding hydrogens is 444 g/mol. The molecule has 3 saturated carbocycles. The highest BCUT2D eigenvalue weighted by molar-refractivity contribution is 5.84. The zero-order chi connectivity index (χ0) is 24.6. The summed E-state index contributed by atoms with van der Waals surface area (Å²) in [7, 11) is 1.69. The third-order valence-corrected chi connectivity index (χ3v) is 8.42. The van der Waals surface area contributed by atoms with Gasteiger partial charge >= 0.3 is 12.1 Å². The van der Waals surface area contributed by atoms with Crippen LogP contribution in [-0.4, -0.2) is 53.7 Å². The van der Waals surface area contributed by atoms with Crippen LogP contribution >= 0.6 is 0 Å². The topological polar surface area (TPSA) is 95.9 Å². The Bertz CT molecular complexity index is 1090. The van der Waals surface area contributed by atoms with Gasteiger partial charge in [-0.05, 0) is 60.8 Å². The summed E-state index contributed by atoms with van der Waals surface area (Å²) < 4.78 is 5.77. The van der Waals surface area contributed by atoms with Crippen molar-refractivity contribution in [2.24, 2.45) is 5.41 Å². The first kappa shape index (κ1) is 23.4. The van der Waals surface area contributed by atoms with Crippen LogP contribution in [0.25, 0.3) is 11.1 Å². The summed E-state index contributed by atoms with van der Waals surface area (Å²) in [6, 6.07) is 16.5. The number of rotatable bonds is 7. The second-order valence-electron chi connectivity index (χ2n) is 10.4. The van der Waals surface area contributed by atoms with Gasteiger partial charge < -0.3 is 20.1 Å². The standard InChI is InChI=1S/C28H32N2O5/c1-30(17-10-24(31)32)25(33)27-11-14-28(15-12-27,16-13-27)29-26(34)35-18-23-21-8-4-2-6-19(21)20-7-3-5-9-22(20)23/h2-9,23H,10-18H2,1H3,(H,29,34)(H,31,32). The highest BCUT2D eigenvalue weighted by atomic mass is 16.5. The molecule has 2 amide bonds. The second kappa shape index (κ2) is 9.02. The smallest absolute Gasteiger partial charge is 0.407 e. The zero-order valence-electron chi connectivity index (χ0n) is 20.1. The number of hydrogen-bond donors (Lipinski definition) is 2. The Morgan fingerprint density at radius 2 is 1.49 bits per heavy atom. The Hall–Kier alpha value is -3.35. The molecule has 2 N–H and O–H groups in total. The molecule has 184 valence electrons. The number of fused-ring (bicyclic) bond motifs is 6. The number of carbonyl (C=O) groups excluding carboxylic acids is 2. The number of benzene rings is 2. The molecule has 0 heterocycles. The SMILES string of the molecule is CN(CCC(=O)O)C(=O)C12CCC(NC(=O)OCC3c4ccccc4-c4ccccc43)(CC1)CC2. The summed E-state index contributed by atoms with van der Waals surface area (Å²) in [5.41, 5.74) is 4.01. The van der Waals surface area contributed by atoms with Gasteiger partial charge in [0.25, 0.3) is 0 Å². The van der Waals surface area contributed by atoms with Gasteiger partial charge in [0.15, 0.2) is 0 Å². The molecular formula is C28H32N2O5. The van der Waals surface area contributed by atoms with Gasteiger partial charge in [-0.25, -0.2) is 4.79 Å². The van der Waals surface area contributed by atoms with Crippen molar-refractivity contribution in [3.05, 3.63) is 59.7 Å². The molecule has 4 aliphatic rings. The molecule has 0 aliphatic heterocycles. The maximum atomic E-state index is 13.1. The van der Waals surface area contributed by atoms with E-state index < -0.39 is 17.5 Å². The molecule has 2 aromatic rings. The molecule has 7 heteroatoms. The molecule has 0 saturated heterocycles. The van der Waals surface area contributed by atoms with Crippen molar-refractivity contribution in [2.75, 3.05) is 20.2 Å². The molecule has 0 atom stereocenters. The highest BCUT2D eigenvalue weighted by Gasteiger charge is 2.53. The summed E-state index contributed by atoms with van der Waals surface area (Å²) in [6.45, 7) is 0.506. The van der Waals surface area contributed by atoms with Crippen molar-refractivity contribution in [3.8, 4) is 11.1 Å². The predicted octanol–water partition coefficient (Wildman–Crippen LogP) is 4.55. The van der Waals surface area contributed by atoms with Gasteiger partial charge in [0.1, 0.15) is 6.61 Å². The molecule has 0 radical (unpaired) electrons. The van der Waals surface area contributed by atoms with E-state index >= 15 is 0 Å². The minimum Gasteiger partial charge on any atom is -0.481 e. The third kappa shape index (κ3) is 4.28. The summed E-state index contributed by atoms with van der Waals surface area (Å²) in [6.07, 6.45) is 3.85. The van der Waals surface area contributed by atoms with Gasteiger partial charge in [-0.2, -0.15) is 0 Å². The van der Waals surface area contributed by atoms with E-state index in [2.05, 4.69) is 29.6 Å². The van der Waals surface area contributed by atoms with Gasteiger partial charge in [0.05, 0.1) is 6.42 Å². The number of aliphatic carboxylic acids is 1. The molecule has 0 unspecified atom stereocenters. The van der Waals surface area contributed by atoms with Crippen molar-refractivity contribution >= 4 is 18.0 Å². The van der Waals surface area contributed by atoms with Crippen LogP contribution in [0.2, 0.25) is 0 Å². The first-order chi connectivity index (χ1) is 16.8. The monoisotopic (exact) mass is 476 g/mol. The lowest BCUT2D eigenvalue weighted by molar-refractivity contribution is -0.149. The van der Waals surface area contributed by atoms with E-state index in [1.807, 2.05) is 24.3 Å². The van der Waals surface area contributed by atoms with Crippen LogP contribution in [0.4, 0.5) is 4.79 Å². The first-order valence-corrected chi connectivity index (χ1v) is 12.4.